The van der Waals surface area contributed by atoms with Crippen LogP contribution in [0.2, 0.25) is 0 Å². The van der Waals surface area contributed by atoms with Gasteiger partial charge in [-0.2, -0.15) is 0 Å². The lowest BCUT2D eigenvalue weighted by molar-refractivity contribution is 0.582. The van der Waals surface area contributed by atoms with Gasteiger partial charge in [0.25, 0.3) is 0 Å². The minimum atomic E-state index is -3.10. The van der Waals surface area contributed by atoms with Crippen molar-refractivity contribution in [3.63, 3.8) is 0 Å². The molecule has 0 aromatic heterocycles. The van der Waals surface area contributed by atoms with Gasteiger partial charge in [0.05, 0.1) is 10.6 Å². The summed E-state index contributed by atoms with van der Waals surface area (Å²) in [7, 11) is -3.10. The third-order valence-corrected chi connectivity index (χ3v) is 4.24. The Morgan fingerprint density at radius 2 is 1.93 bits per heavy atom. The number of halogens is 1. The van der Waals surface area contributed by atoms with Gasteiger partial charge in [0.1, 0.15) is 0 Å². The zero-order chi connectivity index (χ0) is 11.3. The Bertz CT molecular complexity index is 391. The van der Waals surface area contributed by atoms with Crippen molar-refractivity contribution in [2.24, 2.45) is 0 Å². The highest BCUT2D eigenvalue weighted by atomic mass is 79.9. The predicted molar refractivity (Wildman–Crippen MR) is 65.6 cm³/mol. The Kier molecular flexibility index (Phi) is 4.76. The van der Waals surface area contributed by atoms with Gasteiger partial charge in [0, 0.05) is 6.54 Å². The maximum atomic E-state index is 11.2. The molecular weight excluding hydrogens is 278 g/mol. The van der Waals surface area contributed by atoms with Gasteiger partial charge < -0.3 is 0 Å². The van der Waals surface area contributed by atoms with Crippen LogP contribution in [-0.2, 0) is 10.0 Å². The molecule has 1 rings (SSSR count). The van der Waals surface area contributed by atoms with Crippen molar-refractivity contribution in [2.75, 3.05) is 12.3 Å². The number of benzene rings is 1. The lowest BCUT2D eigenvalue weighted by atomic mass is 10.2. The normalized spacial score (nSPS) is 13.7. The molecule has 3 nitrogen and oxygen atoms in total. The van der Waals surface area contributed by atoms with E-state index in [0.29, 0.717) is 6.54 Å². The first kappa shape index (κ1) is 12.7. The molecule has 15 heavy (non-hydrogen) atoms. The van der Waals surface area contributed by atoms with Gasteiger partial charge in [0.2, 0.25) is 10.0 Å². The van der Waals surface area contributed by atoms with Crippen LogP contribution in [0.3, 0.4) is 0 Å². The number of nitrogens with one attached hydrogen (secondary N) is 1. The molecule has 5 heteroatoms. The largest absolute Gasteiger partial charge is 0.214 e. The molecule has 1 N–H and O–H groups in total. The molecule has 1 atom stereocenters. The van der Waals surface area contributed by atoms with Crippen LogP contribution in [0.4, 0.5) is 0 Å². The highest BCUT2D eigenvalue weighted by Crippen LogP contribution is 2.21. The highest BCUT2D eigenvalue weighted by molar-refractivity contribution is 9.09. The zero-order valence-corrected chi connectivity index (χ0v) is 10.9. The van der Waals surface area contributed by atoms with Crippen molar-refractivity contribution in [2.45, 2.75) is 11.8 Å². The molecule has 0 saturated carbocycles. The molecule has 0 aliphatic heterocycles. The number of alkyl halides is 1. The van der Waals surface area contributed by atoms with Crippen LogP contribution in [0.25, 0.3) is 0 Å². The Morgan fingerprint density at radius 3 is 2.47 bits per heavy atom. The quantitative estimate of drug-likeness (QED) is 0.844. The minimum Gasteiger partial charge on any atom is -0.214 e. The maximum absolute atomic E-state index is 11.2. The number of rotatable bonds is 5. The average Bonchev–Trinajstić information content (AvgIpc) is 2.27. The molecule has 0 amide bonds. The van der Waals surface area contributed by atoms with E-state index < -0.39 is 10.0 Å². The lowest BCUT2D eigenvalue weighted by Gasteiger charge is -2.10. The van der Waals surface area contributed by atoms with Gasteiger partial charge >= 0.3 is 0 Å². The molecule has 84 valence electrons. The third kappa shape index (κ3) is 4.32. The summed E-state index contributed by atoms with van der Waals surface area (Å²) in [5.41, 5.74) is 1.07. The molecule has 0 heterocycles. The first-order chi connectivity index (χ1) is 7.05. The number of hydrogen-bond donors (Lipinski definition) is 1. The van der Waals surface area contributed by atoms with Crippen LogP contribution in [-0.4, -0.2) is 20.7 Å². The van der Waals surface area contributed by atoms with Crippen molar-refractivity contribution in [3.05, 3.63) is 35.9 Å². The van der Waals surface area contributed by atoms with Crippen molar-refractivity contribution < 1.29 is 8.42 Å². The zero-order valence-electron chi connectivity index (χ0n) is 8.48. The smallest absolute Gasteiger partial charge is 0.211 e. The third-order valence-electron chi connectivity index (χ3n) is 2.02. The second kappa shape index (κ2) is 5.63. The molecule has 1 unspecified atom stereocenters. The SMILES string of the molecule is CCS(=O)(=O)NCC(Br)c1ccccc1. The Morgan fingerprint density at radius 1 is 1.33 bits per heavy atom. The fraction of sp³-hybridized carbons (Fsp3) is 0.400. The monoisotopic (exact) mass is 291 g/mol. The molecule has 1 aromatic rings. The molecular formula is C10H14BrNO2S. The summed E-state index contributed by atoms with van der Waals surface area (Å²) in [6, 6.07) is 9.70. The van der Waals surface area contributed by atoms with Gasteiger partial charge in [-0.1, -0.05) is 46.3 Å². The topological polar surface area (TPSA) is 46.2 Å². The molecule has 0 aliphatic carbocycles. The van der Waals surface area contributed by atoms with Crippen LogP contribution >= 0.6 is 15.9 Å². The second-order valence-corrected chi connectivity index (χ2v) is 6.33. The van der Waals surface area contributed by atoms with E-state index in [9.17, 15) is 8.42 Å². The maximum Gasteiger partial charge on any atom is 0.211 e. The fourth-order valence-corrected chi connectivity index (χ4v) is 2.39. The molecule has 0 bridgehead atoms. The van der Waals surface area contributed by atoms with E-state index in [1.54, 1.807) is 6.92 Å². The second-order valence-electron chi connectivity index (χ2n) is 3.13. The number of hydrogen-bond acceptors (Lipinski definition) is 2. The summed E-state index contributed by atoms with van der Waals surface area (Å²) in [4.78, 5) is 0.0139. The first-order valence-corrected chi connectivity index (χ1v) is 7.28. The predicted octanol–water partition coefficient (Wildman–Crippen LogP) is 2.06. The van der Waals surface area contributed by atoms with Crippen molar-refractivity contribution in [1.29, 1.82) is 0 Å². The van der Waals surface area contributed by atoms with Gasteiger partial charge in [-0.05, 0) is 12.5 Å². The molecule has 0 saturated heterocycles. The van der Waals surface area contributed by atoms with E-state index >= 15 is 0 Å². The van der Waals surface area contributed by atoms with Gasteiger partial charge in [-0.25, -0.2) is 13.1 Å². The summed E-state index contributed by atoms with van der Waals surface area (Å²) >= 11 is 3.44. The summed E-state index contributed by atoms with van der Waals surface area (Å²) in [5, 5.41) is 0. The number of sulfonamides is 1. The van der Waals surface area contributed by atoms with Gasteiger partial charge in [-0.3, -0.25) is 0 Å². The Labute approximate surface area is 99.1 Å². The summed E-state index contributed by atoms with van der Waals surface area (Å²) < 4.78 is 24.9. The Balaban J connectivity index is 2.54. The van der Waals surface area contributed by atoms with E-state index in [4.69, 9.17) is 0 Å². The van der Waals surface area contributed by atoms with Crippen LogP contribution in [0, 0.1) is 0 Å². The van der Waals surface area contributed by atoms with E-state index in [0.717, 1.165) is 5.56 Å². The lowest BCUT2D eigenvalue weighted by Crippen LogP contribution is -2.28. The molecule has 1 aromatic carbocycles. The van der Waals surface area contributed by atoms with E-state index in [2.05, 4.69) is 20.7 Å². The average molecular weight is 292 g/mol. The van der Waals surface area contributed by atoms with Gasteiger partial charge in [0.15, 0.2) is 0 Å². The standard InChI is InChI=1S/C10H14BrNO2S/c1-2-15(13,14)12-8-10(11)9-6-4-3-5-7-9/h3-7,10,12H,2,8H2,1H3. The summed E-state index contributed by atoms with van der Waals surface area (Å²) in [6.07, 6.45) is 0. The van der Waals surface area contributed by atoms with Gasteiger partial charge in [-0.15, -0.1) is 0 Å². The van der Waals surface area contributed by atoms with Crippen molar-refractivity contribution in [1.82, 2.24) is 4.72 Å². The minimum absolute atomic E-state index is 0.0139. The highest BCUT2D eigenvalue weighted by Gasteiger charge is 2.11. The fourth-order valence-electron chi connectivity index (χ4n) is 1.08. The summed E-state index contributed by atoms with van der Waals surface area (Å²) in [6.45, 7) is 1.99. The van der Waals surface area contributed by atoms with Crippen LogP contribution in [0.1, 0.15) is 17.3 Å². The van der Waals surface area contributed by atoms with E-state index in [1.165, 1.54) is 0 Å². The summed E-state index contributed by atoms with van der Waals surface area (Å²) in [5.74, 6) is 0.113. The molecule has 0 fully saturated rings. The van der Waals surface area contributed by atoms with Crippen LogP contribution < -0.4 is 4.72 Å². The molecule has 0 radical (unpaired) electrons. The van der Waals surface area contributed by atoms with E-state index in [1.807, 2.05) is 30.3 Å². The van der Waals surface area contributed by atoms with Crippen LogP contribution in [0.15, 0.2) is 30.3 Å². The molecule has 0 aliphatic rings. The Hall–Kier alpha value is -0.390. The van der Waals surface area contributed by atoms with Crippen molar-refractivity contribution >= 4 is 26.0 Å². The molecule has 0 spiro atoms. The van der Waals surface area contributed by atoms with Crippen LogP contribution in [0.5, 0.6) is 0 Å². The van der Waals surface area contributed by atoms with E-state index in [-0.39, 0.29) is 10.6 Å². The van der Waals surface area contributed by atoms with Crippen molar-refractivity contribution in [3.8, 4) is 0 Å². The first-order valence-electron chi connectivity index (χ1n) is 4.71.